The van der Waals surface area contributed by atoms with E-state index in [9.17, 15) is 18.0 Å². The van der Waals surface area contributed by atoms with E-state index in [0.29, 0.717) is 12.1 Å². The summed E-state index contributed by atoms with van der Waals surface area (Å²) in [6.07, 6.45) is 1.33. The van der Waals surface area contributed by atoms with E-state index in [-0.39, 0.29) is 6.42 Å². The molecule has 0 saturated heterocycles. The van der Waals surface area contributed by atoms with Crippen LogP contribution in [0, 0.1) is 5.92 Å². The number of carbonyl (C=O) groups is 2. The maximum absolute atomic E-state index is 11.4. The zero-order valence-electron chi connectivity index (χ0n) is 14.3. The Morgan fingerprint density at radius 1 is 1.04 bits per heavy atom. The third kappa shape index (κ3) is 5.89. The van der Waals surface area contributed by atoms with Crippen molar-refractivity contribution in [3.63, 3.8) is 0 Å². The maximum atomic E-state index is 11.4. The quantitative estimate of drug-likeness (QED) is 0.640. The summed E-state index contributed by atoms with van der Waals surface area (Å²) in [4.78, 5) is 22.5. The van der Waals surface area contributed by atoms with E-state index in [1.54, 1.807) is 18.2 Å². The fraction of sp³-hybridized carbons (Fsp3) is 0.222. The van der Waals surface area contributed by atoms with Crippen molar-refractivity contribution in [2.24, 2.45) is 17.4 Å². The zero-order valence-corrected chi connectivity index (χ0v) is 15.1. The first-order chi connectivity index (χ1) is 12.1. The number of nitrogens with one attached hydrogen (secondary N) is 1. The lowest BCUT2D eigenvalue weighted by Crippen LogP contribution is -2.29. The van der Waals surface area contributed by atoms with Crippen LogP contribution in [0.5, 0.6) is 0 Å². The van der Waals surface area contributed by atoms with Gasteiger partial charge in [-0.25, -0.2) is 8.42 Å². The van der Waals surface area contributed by atoms with E-state index < -0.39 is 27.8 Å². The van der Waals surface area contributed by atoms with Gasteiger partial charge < -0.3 is 11.5 Å². The maximum Gasteiger partial charge on any atom is 0.229 e. The van der Waals surface area contributed by atoms with Gasteiger partial charge in [-0.1, -0.05) is 36.4 Å². The highest BCUT2D eigenvalue weighted by Crippen LogP contribution is 2.24. The number of sulfonamides is 1. The summed E-state index contributed by atoms with van der Waals surface area (Å²) in [5.74, 6) is -1.77. The topological polar surface area (TPSA) is 132 Å². The average Bonchev–Trinajstić information content (AvgIpc) is 2.53. The molecule has 0 radical (unpaired) electrons. The molecule has 2 aromatic rings. The molecule has 0 aliphatic carbocycles. The standard InChI is InChI=1S/C18H21N3O4S/c1-26(24,25)21-16-4-2-3-14(10-16)13-7-5-12(6-8-13)9-15(18(20)23)11-17(19)22/h2-8,10,15,21H,9,11H2,1H3,(H2,19,22)(H2,20,23). The van der Waals surface area contributed by atoms with Crippen molar-refractivity contribution in [2.75, 3.05) is 11.0 Å². The molecule has 1 atom stereocenters. The molecule has 5 N–H and O–H groups in total. The van der Waals surface area contributed by atoms with Crippen molar-refractivity contribution in [3.8, 4) is 11.1 Å². The van der Waals surface area contributed by atoms with Crippen LogP contribution >= 0.6 is 0 Å². The molecule has 2 rings (SSSR count). The molecule has 26 heavy (non-hydrogen) atoms. The van der Waals surface area contributed by atoms with E-state index in [2.05, 4.69) is 4.72 Å². The minimum absolute atomic E-state index is 0.0870. The van der Waals surface area contributed by atoms with Crippen LogP contribution in [0.2, 0.25) is 0 Å². The molecule has 0 aliphatic rings. The molecule has 0 spiro atoms. The van der Waals surface area contributed by atoms with Crippen molar-refractivity contribution >= 4 is 27.5 Å². The van der Waals surface area contributed by atoms with Gasteiger partial charge in [-0.3, -0.25) is 14.3 Å². The largest absolute Gasteiger partial charge is 0.370 e. The number of anilines is 1. The van der Waals surface area contributed by atoms with E-state index in [4.69, 9.17) is 11.5 Å². The van der Waals surface area contributed by atoms with E-state index in [0.717, 1.165) is 22.9 Å². The number of amides is 2. The fourth-order valence-corrected chi connectivity index (χ4v) is 3.17. The second kappa shape index (κ2) is 8.01. The monoisotopic (exact) mass is 375 g/mol. The van der Waals surface area contributed by atoms with Gasteiger partial charge in [0.05, 0.1) is 12.2 Å². The minimum Gasteiger partial charge on any atom is -0.370 e. The number of hydrogen-bond donors (Lipinski definition) is 3. The van der Waals surface area contributed by atoms with Crippen molar-refractivity contribution in [2.45, 2.75) is 12.8 Å². The van der Waals surface area contributed by atoms with Gasteiger partial charge in [0.1, 0.15) is 0 Å². The summed E-state index contributed by atoms with van der Waals surface area (Å²) < 4.78 is 25.1. The highest BCUT2D eigenvalue weighted by molar-refractivity contribution is 7.92. The molecular weight excluding hydrogens is 354 g/mol. The van der Waals surface area contributed by atoms with Gasteiger partial charge in [-0.05, 0) is 35.2 Å². The first kappa shape index (κ1) is 19.5. The Morgan fingerprint density at radius 2 is 1.69 bits per heavy atom. The highest BCUT2D eigenvalue weighted by Gasteiger charge is 2.18. The predicted octanol–water partition coefficient (Wildman–Crippen LogP) is 1.24. The van der Waals surface area contributed by atoms with Gasteiger partial charge in [-0.2, -0.15) is 0 Å². The van der Waals surface area contributed by atoms with E-state index in [1.165, 1.54) is 0 Å². The van der Waals surface area contributed by atoms with Gasteiger partial charge in [0.25, 0.3) is 0 Å². The molecule has 2 aromatic carbocycles. The number of hydrogen-bond acceptors (Lipinski definition) is 4. The van der Waals surface area contributed by atoms with Gasteiger partial charge in [-0.15, -0.1) is 0 Å². The summed E-state index contributed by atoms with van der Waals surface area (Å²) in [5.41, 5.74) is 13.5. The molecule has 2 amide bonds. The predicted molar refractivity (Wildman–Crippen MR) is 101 cm³/mol. The third-order valence-electron chi connectivity index (χ3n) is 3.79. The number of nitrogens with two attached hydrogens (primary N) is 2. The molecule has 0 bridgehead atoms. The van der Waals surface area contributed by atoms with E-state index >= 15 is 0 Å². The first-order valence-electron chi connectivity index (χ1n) is 7.89. The number of benzene rings is 2. The molecule has 7 nitrogen and oxygen atoms in total. The molecule has 0 fully saturated rings. The molecule has 8 heteroatoms. The van der Waals surface area contributed by atoms with Gasteiger partial charge in [0, 0.05) is 12.1 Å². The van der Waals surface area contributed by atoms with Crippen LogP contribution in [0.25, 0.3) is 11.1 Å². The average molecular weight is 375 g/mol. The highest BCUT2D eigenvalue weighted by atomic mass is 32.2. The van der Waals surface area contributed by atoms with Crippen LogP contribution in [-0.2, 0) is 26.0 Å². The molecule has 0 aromatic heterocycles. The summed E-state index contributed by atoms with van der Waals surface area (Å²) in [7, 11) is -3.35. The molecule has 138 valence electrons. The van der Waals surface area contributed by atoms with Crippen LogP contribution in [0.15, 0.2) is 48.5 Å². The summed E-state index contributed by atoms with van der Waals surface area (Å²) >= 11 is 0. The van der Waals surface area contributed by atoms with Crippen LogP contribution in [0.1, 0.15) is 12.0 Å². The molecular formula is C18H21N3O4S. The lowest BCUT2D eigenvalue weighted by atomic mass is 9.94. The van der Waals surface area contributed by atoms with Gasteiger partial charge >= 0.3 is 0 Å². The molecule has 0 heterocycles. The Balaban J connectivity index is 2.18. The van der Waals surface area contributed by atoms with Crippen molar-refractivity contribution in [1.82, 2.24) is 0 Å². The first-order valence-corrected chi connectivity index (χ1v) is 9.78. The Morgan fingerprint density at radius 3 is 2.23 bits per heavy atom. The lowest BCUT2D eigenvalue weighted by Gasteiger charge is -2.12. The number of primary amides is 2. The Hall–Kier alpha value is -2.87. The Kier molecular flexibility index (Phi) is 5.99. The van der Waals surface area contributed by atoms with E-state index in [1.807, 2.05) is 30.3 Å². The second-order valence-corrected chi connectivity index (χ2v) is 7.87. The van der Waals surface area contributed by atoms with Crippen LogP contribution in [0.3, 0.4) is 0 Å². The molecule has 0 aliphatic heterocycles. The fourth-order valence-electron chi connectivity index (χ4n) is 2.61. The second-order valence-electron chi connectivity index (χ2n) is 6.13. The summed E-state index contributed by atoms with van der Waals surface area (Å²) in [6, 6.07) is 14.4. The number of rotatable bonds is 8. The smallest absolute Gasteiger partial charge is 0.229 e. The van der Waals surface area contributed by atoms with Crippen LogP contribution in [0.4, 0.5) is 5.69 Å². The Bertz CT molecular complexity index is 908. The summed E-state index contributed by atoms with van der Waals surface area (Å²) in [6.45, 7) is 0. The van der Waals surface area contributed by atoms with Crippen molar-refractivity contribution in [3.05, 3.63) is 54.1 Å². The third-order valence-corrected chi connectivity index (χ3v) is 4.39. The van der Waals surface area contributed by atoms with Gasteiger partial charge in [0.15, 0.2) is 0 Å². The SMILES string of the molecule is CS(=O)(=O)Nc1cccc(-c2ccc(CC(CC(N)=O)C(N)=O)cc2)c1. The minimum atomic E-state index is -3.35. The summed E-state index contributed by atoms with van der Waals surface area (Å²) in [5, 5.41) is 0. The van der Waals surface area contributed by atoms with Crippen LogP contribution < -0.4 is 16.2 Å². The normalized spacial score (nSPS) is 12.3. The van der Waals surface area contributed by atoms with Gasteiger partial charge in [0.2, 0.25) is 21.8 Å². The number of carbonyl (C=O) groups excluding carboxylic acids is 2. The van der Waals surface area contributed by atoms with Crippen molar-refractivity contribution in [1.29, 1.82) is 0 Å². The lowest BCUT2D eigenvalue weighted by molar-refractivity contribution is -0.126. The molecule has 1 unspecified atom stereocenters. The van der Waals surface area contributed by atoms with Crippen LogP contribution in [-0.4, -0.2) is 26.5 Å². The Labute approximate surface area is 152 Å². The molecule has 0 saturated carbocycles. The zero-order chi connectivity index (χ0) is 19.3. The van der Waals surface area contributed by atoms with Crippen molar-refractivity contribution < 1.29 is 18.0 Å².